The summed E-state index contributed by atoms with van der Waals surface area (Å²) in [6, 6.07) is 30.8. The van der Waals surface area contributed by atoms with Gasteiger partial charge in [-0.2, -0.15) is 0 Å². The maximum atomic E-state index is 6.81. The van der Waals surface area contributed by atoms with Crippen molar-refractivity contribution in [2.45, 2.75) is 37.9 Å². The highest BCUT2D eigenvalue weighted by Crippen LogP contribution is 2.62. The summed E-state index contributed by atoms with van der Waals surface area (Å²) in [6.45, 7) is 4.00. The molecule has 212 valence electrons. The van der Waals surface area contributed by atoms with Crippen molar-refractivity contribution >= 4 is 65.8 Å². The molecule has 6 aromatic rings. The lowest BCUT2D eigenvalue weighted by Gasteiger charge is -2.58. The number of hydrogen-bond acceptors (Lipinski definition) is 4. The molecule has 5 heteroatoms. The number of fused-ring (bicyclic) bond motifs is 4. The van der Waals surface area contributed by atoms with Gasteiger partial charge in [0.25, 0.3) is 0 Å². The van der Waals surface area contributed by atoms with E-state index in [4.69, 9.17) is 10.5 Å². The molecule has 0 spiro atoms. The van der Waals surface area contributed by atoms with E-state index in [0.29, 0.717) is 11.8 Å². The Hall–Kier alpha value is -4.48. The zero-order valence-electron chi connectivity index (χ0n) is 24.9. The molecule has 3 fully saturated rings. The standard InChI is InChI=1S/C35H32N4O.C2H6/c1-37-26-14-12-22(24-16-18-8-4-6-10-20(18)32(36)28(24)26)30-34-31(35(30)40-34)23-13-15-27(38-2)29-25(23)17-19-9-5-7-11-21(19)33(29)39-3;1-2/h4-17,30-31,34-35,37-39H,36H2,1-3H3;1-2H3/p+1. The average Bonchev–Trinajstić information content (AvgIpc) is 3.00. The third-order valence-electron chi connectivity index (χ3n) is 9.48. The van der Waals surface area contributed by atoms with Crippen LogP contribution >= 0.6 is 0 Å². The van der Waals surface area contributed by atoms with Gasteiger partial charge in [-0.3, -0.25) is 0 Å². The summed E-state index contributed by atoms with van der Waals surface area (Å²) in [4.78, 5) is 0. The Morgan fingerprint density at radius 2 is 1.07 bits per heavy atom. The van der Waals surface area contributed by atoms with Crippen LogP contribution < -0.4 is 21.7 Å². The van der Waals surface area contributed by atoms with Gasteiger partial charge in [-0.1, -0.05) is 74.5 Å². The van der Waals surface area contributed by atoms with Crippen LogP contribution in [0.2, 0.25) is 0 Å². The highest BCUT2D eigenvalue weighted by molar-refractivity contribution is 6.17. The minimum absolute atomic E-state index is 0.273. The van der Waals surface area contributed by atoms with Crippen molar-refractivity contribution < 1.29 is 4.74 Å². The summed E-state index contributed by atoms with van der Waals surface area (Å²) in [5.74, 6) is 0.823. The van der Waals surface area contributed by atoms with Crippen LogP contribution in [0, 0.1) is 0 Å². The lowest BCUT2D eigenvalue weighted by atomic mass is 9.56. The molecule has 2 heterocycles. The molecule has 2 saturated heterocycles. The molecule has 2 bridgehead atoms. The van der Waals surface area contributed by atoms with E-state index in [0.717, 1.165) is 27.8 Å². The fourth-order valence-corrected chi connectivity index (χ4v) is 7.51. The van der Waals surface area contributed by atoms with Crippen molar-refractivity contribution in [1.82, 2.24) is 0 Å². The fourth-order valence-electron chi connectivity index (χ4n) is 7.51. The van der Waals surface area contributed by atoms with Gasteiger partial charge in [-0.15, -0.1) is 0 Å². The molecule has 0 radical (unpaired) electrons. The number of benzene rings is 6. The predicted octanol–water partition coefficient (Wildman–Crippen LogP) is 8.19. The Labute approximate surface area is 247 Å². The van der Waals surface area contributed by atoms with Gasteiger partial charge in [-0.25, -0.2) is 0 Å². The van der Waals surface area contributed by atoms with Gasteiger partial charge in [0.15, 0.2) is 12.2 Å². The van der Waals surface area contributed by atoms with E-state index in [1.165, 1.54) is 49.1 Å². The van der Waals surface area contributed by atoms with E-state index in [1.807, 2.05) is 35.0 Å². The van der Waals surface area contributed by atoms with E-state index in [1.54, 1.807) is 0 Å². The number of hydrogen-bond donors (Lipinski definition) is 4. The second-order valence-electron chi connectivity index (χ2n) is 11.2. The van der Waals surface area contributed by atoms with E-state index < -0.39 is 0 Å². The largest absolute Gasteiger partial charge is 0.426 e. The Morgan fingerprint density at radius 3 is 1.62 bits per heavy atom. The summed E-state index contributed by atoms with van der Waals surface area (Å²) in [6.07, 6.45) is 0.545. The molecule has 2 aliphatic heterocycles. The van der Waals surface area contributed by atoms with Crippen molar-refractivity contribution in [3.8, 4) is 0 Å². The van der Waals surface area contributed by atoms with Crippen molar-refractivity contribution in [3.63, 3.8) is 0 Å². The minimum Gasteiger partial charge on any atom is -0.426 e. The smallest absolute Gasteiger partial charge is 0.184 e. The molecule has 42 heavy (non-hydrogen) atoms. The van der Waals surface area contributed by atoms with Crippen LogP contribution in [0.5, 0.6) is 0 Å². The topological polar surface area (TPSA) is 74.9 Å². The van der Waals surface area contributed by atoms with Gasteiger partial charge in [-0.05, 0) is 56.9 Å². The van der Waals surface area contributed by atoms with E-state index >= 15 is 0 Å². The summed E-state index contributed by atoms with van der Waals surface area (Å²) >= 11 is 0. The van der Waals surface area contributed by atoms with Crippen LogP contribution in [0.25, 0.3) is 43.1 Å². The fraction of sp³-hybridized carbons (Fsp3) is 0.243. The zero-order chi connectivity index (χ0) is 29.1. The summed E-state index contributed by atoms with van der Waals surface area (Å²) in [5.41, 5.74) is 13.8. The third-order valence-corrected chi connectivity index (χ3v) is 9.48. The number of nitrogen functional groups attached to an aromatic ring is 1. The molecule has 2 unspecified atom stereocenters. The summed E-state index contributed by atoms with van der Waals surface area (Å²) < 4.78 is 5.09. The Kier molecular flexibility index (Phi) is 6.36. The maximum absolute atomic E-state index is 6.81. The molecule has 6 N–H and O–H groups in total. The van der Waals surface area contributed by atoms with Crippen molar-refractivity contribution in [2.75, 3.05) is 42.8 Å². The van der Waals surface area contributed by atoms with Crippen LogP contribution in [-0.2, 0) is 0 Å². The molecule has 0 aromatic heterocycles. The zero-order valence-corrected chi connectivity index (χ0v) is 24.9. The first kappa shape index (κ1) is 26.4. The van der Waals surface area contributed by atoms with Gasteiger partial charge in [0, 0.05) is 59.8 Å². The normalized spacial score (nSPS) is 20.5. The first-order valence-electron chi connectivity index (χ1n) is 15.1. The van der Waals surface area contributed by atoms with Gasteiger partial charge in [0.1, 0.15) is 11.8 Å². The Balaban J connectivity index is 0.00000141. The maximum Gasteiger partial charge on any atom is 0.184 e. The van der Waals surface area contributed by atoms with Gasteiger partial charge in [0.2, 0.25) is 0 Å². The van der Waals surface area contributed by atoms with E-state index in [-0.39, 0.29) is 12.2 Å². The molecule has 6 aromatic carbocycles. The lowest BCUT2D eigenvalue weighted by Crippen LogP contribution is -2.70. The first-order valence-corrected chi connectivity index (χ1v) is 15.1. The SMILES string of the molecule is CC.CNc1ccc(C2C3[OH+]C2C3c2ccc(NC)c3c(NC)c4ccccc4cc23)c2cc3ccccc3c(N)c12. The number of nitrogens with one attached hydrogen (secondary N) is 3. The van der Waals surface area contributed by atoms with Crippen molar-refractivity contribution in [1.29, 1.82) is 0 Å². The van der Waals surface area contributed by atoms with Crippen LogP contribution in [0.15, 0.2) is 84.9 Å². The molecular weight excluding hydrogens is 516 g/mol. The van der Waals surface area contributed by atoms with Gasteiger partial charge < -0.3 is 26.4 Å². The van der Waals surface area contributed by atoms with E-state index in [9.17, 15) is 0 Å². The Bertz CT molecular complexity index is 1990. The van der Waals surface area contributed by atoms with E-state index in [2.05, 4.69) is 101 Å². The summed E-state index contributed by atoms with van der Waals surface area (Å²) in [7, 11) is 6.00. The molecule has 2 atom stereocenters. The second-order valence-corrected chi connectivity index (χ2v) is 11.2. The first-order chi connectivity index (χ1) is 20.6. The molecule has 1 saturated carbocycles. The molecule has 5 nitrogen and oxygen atoms in total. The number of rotatable bonds is 5. The van der Waals surface area contributed by atoms with Gasteiger partial charge in [0.05, 0.1) is 5.69 Å². The predicted molar refractivity (Wildman–Crippen MR) is 183 cm³/mol. The van der Waals surface area contributed by atoms with Gasteiger partial charge >= 0.3 is 0 Å². The van der Waals surface area contributed by atoms with Crippen LogP contribution in [0.1, 0.15) is 36.8 Å². The molecule has 9 rings (SSSR count). The third kappa shape index (κ3) is 3.53. The van der Waals surface area contributed by atoms with Crippen LogP contribution in [0.4, 0.5) is 22.7 Å². The quantitative estimate of drug-likeness (QED) is 0.0983. The monoisotopic (exact) mass is 555 g/mol. The Morgan fingerprint density at radius 1 is 0.571 bits per heavy atom. The molecule has 0 amide bonds. The van der Waals surface area contributed by atoms with Crippen molar-refractivity contribution in [3.05, 3.63) is 96.1 Å². The van der Waals surface area contributed by atoms with Crippen molar-refractivity contribution in [2.24, 2.45) is 0 Å². The average molecular weight is 556 g/mol. The highest BCUT2D eigenvalue weighted by Gasteiger charge is 2.72. The minimum atomic E-state index is 0.273. The summed E-state index contributed by atoms with van der Waals surface area (Å²) in [5, 5.41) is 20.1. The molecular formula is C37H39N4O+. The number of anilines is 4. The van der Waals surface area contributed by atoms with Crippen LogP contribution in [-0.4, -0.2) is 38.1 Å². The lowest BCUT2D eigenvalue weighted by molar-refractivity contribution is -0.393. The van der Waals surface area contributed by atoms with Crippen LogP contribution in [0.3, 0.4) is 0 Å². The second kappa shape index (κ2) is 10.1. The number of aliphatic hydroxyl groups is 2. The molecule has 3 aliphatic rings. The number of ether oxygens (including phenoxy) is 1. The molecule has 1 aliphatic carbocycles. The number of nitrogens with two attached hydrogens (primary N) is 1. The highest BCUT2D eigenvalue weighted by atomic mass is 16.6.